The van der Waals surface area contributed by atoms with Crippen LogP contribution in [0.4, 0.5) is 0 Å². The van der Waals surface area contributed by atoms with Gasteiger partial charge in [0.15, 0.2) is 4.67 Å². The van der Waals surface area contributed by atoms with E-state index in [1.165, 1.54) is 12.3 Å². The Hall–Kier alpha value is -1.30. The predicted octanol–water partition coefficient (Wildman–Crippen LogP) is 0.908. The zero-order chi connectivity index (χ0) is 11.3. The lowest BCUT2D eigenvalue weighted by Crippen LogP contribution is -2.36. The van der Waals surface area contributed by atoms with Gasteiger partial charge >= 0.3 is 0 Å². The minimum Gasteiger partial charge on any atom is -0.457 e. The normalized spacial score (nSPS) is 9.73. The van der Waals surface area contributed by atoms with E-state index in [9.17, 15) is 9.59 Å². The van der Waals surface area contributed by atoms with Gasteiger partial charge < -0.3 is 15.1 Å². The Labute approximate surface area is 95.3 Å². The van der Waals surface area contributed by atoms with E-state index < -0.39 is 0 Å². The summed E-state index contributed by atoms with van der Waals surface area (Å²) in [5.41, 5.74) is 0.374. The summed E-state index contributed by atoms with van der Waals surface area (Å²) in [5.74, 6) is -0.563. The molecule has 1 aromatic rings. The highest BCUT2D eigenvalue weighted by atomic mass is 79.9. The molecule has 0 bridgehead atoms. The summed E-state index contributed by atoms with van der Waals surface area (Å²) in [6.07, 6.45) is 1.39. The number of amides is 2. The molecule has 2 amide bonds. The van der Waals surface area contributed by atoms with E-state index in [4.69, 9.17) is 4.42 Å². The molecule has 1 heterocycles. The van der Waals surface area contributed by atoms with Crippen molar-refractivity contribution < 1.29 is 14.0 Å². The van der Waals surface area contributed by atoms with E-state index in [2.05, 4.69) is 26.6 Å². The SMILES string of the molecule is CCNC(=O)CNC(=O)c1ccoc1Br. The molecule has 15 heavy (non-hydrogen) atoms. The molecule has 0 saturated heterocycles. The first kappa shape index (κ1) is 11.8. The number of hydrogen-bond acceptors (Lipinski definition) is 3. The first-order valence-corrected chi connectivity index (χ1v) is 5.22. The van der Waals surface area contributed by atoms with Gasteiger partial charge in [0.05, 0.1) is 18.4 Å². The number of carbonyl (C=O) groups excluding carboxylic acids is 2. The van der Waals surface area contributed by atoms with Crippen LogP contribution < -0.4 is 10.6 Å². The third kappa shape index (κ3) is 3.39. The minimum atomic E-state index is -0.345. The molecule has 0 aliphatic heterocycles. The molecule has 0 aliphatic rings. The van der Waals surface area contributed by atoms with Crippen LogP contribution in [0, 0.1) is 0 Å². The highest BCUT2D eigenvalue weighted by Crippen LogP contribution is 2.16. The van der Waals surface area contributed by atoms with Crippen molar-refractivity contribution in [2.24, 2.45) is 0 Å². The van der Waals surface area contributed by atoms with Crippen LogP contribution in [0.5, 0.6) is 0 Å². The summed E-state index contributed by atoms with van der Waals surface area (Å²) >= 11 is 3.08. The van der Waals surface area contributed by atoms with Gasteiger partial charge in [-0.3, -0.25) is 9.59 Å². The second kappa shape index (κ2) is 5.55. The molecule has 0 atom stereocenters. The van der Waals surface area contributed by atoms with Gasteiger partial charge in [-0.05, 0) is 28.9 Å². The van der Waals surface area contributed by atoms with Crippen LogP contribution in [0.15, 0.2) is 21.4 Å². The van der Waals surface area contributed by atoms with Crippen molar-refractivity contribution in [1.29, 1.82) is 0 Å². The van der Waals surface area contributed by atoms with E-state index in [-0.39, 0.29) is 18.4 Å². The van der Waals surface area contributed by atoms with Crippen molar-refractivity contribution in [3.05, 3.63) is 22.6 Å². The number of furan rings is 1. The maximum atomic E-state index is 11.5. The van der Waals surface area contributed by atoms with Crippen molar-refractivity contribution in [2.75, 3.05) is 13.1 Å². The first-order valence-electron chi connectivity index (χ1n) is 4.43. The van der Waals surface area contributed by atoms with Crippen LogP contribution in [-0.2, 0) is 4.79 Å². The highest BCUT2D eigenvalue weighted by molar-refractivity contribution is 9.10. The average Bonchev–Trinajstić information content (AvgIpc) is 2.61. The summed E-state index contributed by atoms with van der Waals surface area (Å²) in [6, 6.07) is 1.52. The summed E-state index contributed by atoms with van der Waals surface area (Å²) in [4.78, 5) is 22.5. The average molecular weight is 275 g/mol. The molecule has 0 radical (unpaired) electrons. The molecule has 0 unspecified atom stereocenters. The Bertz CT molecular complexity index is 362. The Kier molecular flexibility index (Phi) is 4.36. The van der Waals surface area contributed by atoms with Gasteiger partial charge in [-0.1, -0.05) is 0 Å². The van der Waals surface area contributed by atoms with E-state index in [0.29, 0.717) is 16.8 Å². The standard InChI is InChI=1S/C9H11BrN2O3/c1-2-11-7(13)5-12-9(14)6-3-4-15-8(6)10/h3-4H,2,5H2,1H3,(H,11,13)(H,12,14). The van der Waals surface area contributed by atoms with E-state index >= 15 is 0 Å². The fourth-order valence-corrected chi connectivity index (χ4v) is 1.39. The predicted molar refractivity (Wildman–Crippen MR) is 57.4 cm³/mol. The van der Waals surface area contributed by atoms with Crippen molar-refractivity contribution in [3.8, 4) is 0 Å². The van der Waals surface area contributed by atoms with Crippen LogP contribution >= 0.6 is 15.9 Å². The van der Waals surface area contributed by atoms with E-state index in [0.717, 1.165) is 0 Å². The van der Waals surface area contributed by atoms with Crippen LogP contribution in [-0.4, -0.2) is 24.9 Å². The topological polar surface area (TPSA) is 71.3 Å². The van der Waals surface area contributed by atoms with Crippen molar-refractivity contribution in [1.82, 2.24) is 10.6 Å². The summed E-state index contributed by atoms with van der Waals surface area (Å²) in [7, 11) is 0. The van der Waals surface area contributed by atoms with E-state index in [1.807, 2.05) is 6.92 Å². The molecular formula is C9H11BrN2O3. The lowest BCUT2D eigenvalue weighted by molar-refractivity contribution is -0.120. The Morgan fingerprint density at radius 1 is 1.47 bits per heavy atom. The van der Waals surface area contributed by atoms with Crippen molar-refractivity contribution in [2.45, 2.75) is 6.92 Å². The molecule has 1 rings (SSSR count). The molecule has 5 nitrogen and oxygen atoms in total. The maximum absolute atomic E-state index is 11.5. The van der Waals surface area contributed by atoms with Crippen molar-refractivity contribution in [3.63, 3.8) is 0 Å². The lowest BCUT2D eigenvalue weighted by atomic mass is 10.3. The Morgan fingerprint density at radius 3 is 2.73 bits per heavy atom. The maximum Gasteiger partial charge on any atom is 0.256 e. The van der Waals surface area contributed by atoms with Gasteiger partial charge in [-0.15, -0.1) is 0 Å². The van der Waals surface area contributed by atoms with Gasteiger partial charge in [0.25, 0.3) is 5.91 Å². The summed E-state index contributed by atoms with van der Waals surface area (Å²) in [6.45, 7) is 2.32. The minimum absolute atomic E-state index is 0.0374. The summed E-state index contributed by atoms with van der Waals surface area (Å²) in [5, 5.41) is 5.04. The molecule has 0 fully saturated rings. The van der Waals surface area contributed by atoms with Crippen LogP contribution in [0.2, 0.25) is 0 Å². The lowest BCUT2D eigenvalue weighted by Gasteiger charge is -2.03. The second-order valence-electron chi connectivity index (χ2n) is 2.74. The van der Waals surface area contributed by atoms with Crippen LogP contribution in [0.25, 0.3) is 0 Å². The quantitative estimate of drug-likeness (QED) is 0.857. The number of hydrogen-bond donors (Lipinski definition) is 2. The number of rotatable bonds is 4. The fraction of sp³-hybridized carbons (Fsp3) is 0.333. The van der Waals surface area contributed by atoms with Crippen molar-refractivity contribution >= 4 is 27.7 Å². The Morgan fingerprint density at radius 2 is 2.20 bits per heavy atom. The molecule has 82 valence electrons. The second-order valence-corrected chi connectivity index (χ2v) is 3.46. The van der Waals surface area contributed by atoms with Gasteiger partial charge in [0.2, 0.25) is 5.91 Å². The summed E-state index contributed by atoms with van der Waals surface area (Å²) < 4.78 is 5.25. The van der Waals surface area contributed by atoms with Gasteiger partial charge in [-0.25, -0.2) is 0 Å². The van der Waals surface area contributed by atoms with Crippen LogP contribution in [0.1, 0.15) is 17.3 Å². The Balaban J connectivity index is 2.44. The molecular weight excluding hydrogens is 264 g/mol. The molecule has 1 aromatic heterocycles. The molecule has 0 aromatic carbocycles. The number of likely N-dealkylation sites (N-methyl/N-ethyl adjacent to an activating group) is 1. The first-order chi connectivity index (χ1) is 7.15. The zero-order valence-corrected chi connectivity index (χ0v) is 9.76. The number of halogens is 1. The highest BCUT2D eigenvalue weighted by Gasteiger charge is 2.12. The largest absolute Gasteiger partial charge is 0.457 e. The fourth-order valence-electron chi connectivity index (χ4n) is 0.971. The smallest absolute Gasteiger partial charge is 0.256 e. The van der Waals surface area contributed by atoms with Gasteiger partial charge in [0.1, 0.15) is 0 Å². The third-order valence-corrected chi connectivity index (χ3v) is 2.26. The molecule has 0 aliphatic carbocycles. The zero-order valence-electron chi connectivity index (χ0n) is 8.17. The monoisotopic (exact) mass is 274 g/mol. The van der Waals surface area contributed by atoms with Gasteiger partial charge in [0, 0.05) is 6.54 Å². The third-order valence-electron chi connectivity index (χ3n) is 1.65. The van der Waals surface area contributed by atoms with Crippen LogP contribution in [0.3, 0.4) is 0 Å². The molecule has 2 N–H and O–H groups in total. The molecule has 0 spiro atoms. The number of nitrogens with one attached hydrogen (secondary N) is 2. The van der Waals surface area contributed by atoms with Gasteiger partial charge in [-0.2, -0.15) is 0 Å². The molecule has 6 heteroatoms. The number of carbonyl (C=O) groups is 2. The molecule has 0 saturated carbocycles. The van der Waals surface area contributed by atoms with E-state index in [1.54, 1.807) is 0 Å².